The first-order chi connectivity index (χ1) is 12.7. The topological polar surface area (TPSA) is 66.5 Å². The predicted octanol–water partition coefficient (Wildman–Crippen LogP) is 4.35. The molecule has 26 heavy (non-hydrogen) atoms. The summed E-state index contributed by atoms with van der Waals surface area (Å²) in [5.41, 5.74) is 3.73. The molecular formula is C19H15ClFN5. The van der Waals surface area contributed by atoms with Crippen LogP contribution in [0, 0.1) is 5.82 Å². The van der Waals surface area contributed by atoms with Crippen LogP contribution in [0.3, 0.4) is 0 Å². The van der Waals surface area contributed by atoms with E-state index in [4.69, 9.17) is 11.6 Å². The summed E-state index contributed by atoms with van der Waals surface area (Å²) in [7, 11) is 0. The van der Waals surface area contributed by atoms with Gasteiger partial charge >= 0.3 is 0 Å². The first-order valence-corrected chi connectivity index (χ1v) is 8.46. The molecule has 0 aromatic carbocycles. The van der Waals surface area contributed by atoms with Crippen molar-refractivity contribution in [3.63, 3.8) is 0 Å². The smallest absolute Gasteiger partial charge is 0.142 e. The van der Waals surface area contributed by atoms with Crippen molar-refractivity contribution in [2.24, 2.45) is 0 Å². The van der Waals surface area contributed by atoms with Crippen molar-refractivity contribution < 1.29 is 4.39 Å². The summed E-state index contributed by atoms with van der Waals surface area (Å²) in [4.78, 5) is 15.6. The zero-order chi connectivity index (χ0) is 17.9. The van der Waals surface area contributed by atoms with Crippen LogP contribution in [0.25, 0.3) is 11.0 Å². The van der Waals surface area contributed by atoms with Gasteiger partial charge in [0.05, 0.1) is 6.20 Å². The summed E-state index contributed by atoms with van der Waals surface area (Å²) in [5.74, 6) is 0.433. The highest BCUT2D eigenvalue weighted by atomic mass is 35.5. The van der Waals surface area contributed by atoms with Gasteiger partial charge in [-0.2, -0.15) is 0 Å². The Kier molecular flexibility index (Phi) is 4.50. The van der Waals surface area contributed by atoms with E-state index in [-0.39, 0.29) is 5.82 Å². The van der Waals surface area contributed by atoms with Gasteiger partial charge in [-0.05, 0) is 34.9 Å². The highest BCUT2D eigenvalue weighted by Gasteiger charge is 2.07. The molecule has 0 radical (unpaired) electrons. The Hall–Kier alpha value is -2.99. The Morgan fingerprint density at radius 1 is 1.00 bits per heavy atom. The van der Waals surface area contributed by atoms with E-state index >= 15 is 0 Å². The number of aromatic amines is 1. The lowest BCUT2D eigenvalue weighted by molar-refractivity contribution is 0.624. The molecule has 4 heterocycles. The van der Waals surface area contributed by atoms with Crippen molar-refractivity contribution in [3.05, 3.63) is 82.8 Å². The van der Waals surface area contributed by atoms with E-state index in [0.29, 0.717) is 23.8 Å². The molecule has 0 fully saturated rings. The third-order valence-electron chi connectivity index (χ3n) is 4.06. The first-order valence-electron chi connectivity index (χ1n) is 8.08. The largest absolute Gasteiger partial charge is 0.366 e. The maximum absolute atomic E-state index is 13.4. The number of nitrogens with one attached hydrogen (secondary N) is 2. The van der Waals surface area contributed by atoms with Gasteiger partial charge in [0.2, 0.25) is 0 Å². The van der Waals surface area contributed by atoms with E-state index < -0.39 is 0 Å². The quantitative estimate of drug-likeness (QED) is 0.515. The number of pyridine rings is 3. The van der Waals surface area contributed by atoms with Crippen LogP contribution < -0.4 is 5.32 Å². The molecule has 0 spiro atoms. The monoisotopic (exact) mass is 367 g/mol. The fraction of sp³-hybridized carbons (Fsp3) is 0.105. The molecule has 4 aromatic heterocycles. The summed E-state index contributed by atoms with van der Waals surface area (Å²) in [5, 5.41) is 4.51. The van der Waals surface area contributed by atoms with Crippen molar-refractivity contribution in [2.45, 2.75) is 13.0 Å². The average molecular weight is 368 g/mol. The molecule has 0 aliphatic carbocycles. The second kappa shape index (κ2) is 7.09. The molecule has 4 rings (SSSR count). The fourth-order valence-electron chi connectivity index (χ4n) is 2.74. The van der Waals surface area contributed by atoms with Crippen molar-refractivity contribution in [2.75, 3.05) is 5.32 Å². The van der Waals surface area contributed by atoms with Crippen LogP contribution in [0.5, 0.6) is 0 Å². The predicted molar refractivity (Wildman–Crippen MR) is 99.7 cm³/mol. The number of fused-ring (bicyclic) bond motifs is 1. The lowest BCUT2D eigenvalue weighted by Gasteiger charge is -2.07. The highest BCUT2D eigenvalue weighted by Crippen LogP contribution is 2.20. The maximum Gasteiger partial charge on any atom is 0.142 e. The number of halogens is 2. The Balaban J connectivity index is 1.43. The van der Waals surface area contributed by atoms with Gasteiger partial charge in [-0.1, -0.05) is 23.7 Å². The van der Waals surface area contributed by atoms with Crippen molar-refractivity contribution in [3.8, 4) is 0 Å². The second-order valence-corrected chi connectivity index (χ2v) is 6.32. The normalized spacial score (nSPS) is 11.0. The molecule has 0 aliphatic rings. The summed E-state index contributed by atoms with van der Waals surface area (Å²) in [6, 6.07) is 9.10. The summed E-state index contributed by atoms with van der Waals surface area (Å²) in [6.45, 7) is 0.615. The molecule has 0 unspecified atom stereocenters. The second-order valence-electron chi connectivity index (χ2n) is 5.93. The number of hydrogen-bond acceptors (Lipinski definition) is 4. The van der Waals surface area contributed by atoms with Gasteiger partial charge in [-0.25, -0.2) is 19.3 Å². The number of nitrogens with zero attached hydrogens (tertiary/aromatic N) is 3. The van der Waals surface area contributed by atoms with Gasteiger partial charge in [0.1, 0.15) is 22.4 Å². The van der Waals surface area contributed by atoms with Crippen molar-refractivity contribution in [1.29, 1.82) is 0 Å². The molecule has 4 aromatic rings. The van der Waals surface area contributed by atoms with Gasteiger partial charge in [0.25, 0.3) is 0 Å². The Morgan fingerprint density at radius 2 is 1.85 bits per heavy atom. The minimum absolute atomic E-state index is 0.340. The number of hydrogen-bond donors (Lipinski definition) is 2. The number of aromatic nitrogens is 4. The van der Waals surface area contributed by atoms with Gasteiger partial charge in [0, 0.05) is 36.9 Å². The van der Waals surface area contributed by atoms with Crippen LogP contribution in [0.1, 0.15) is 16.7 Å². The molecule has 130 valence electrons. The summed E-state index contributed by atoms with van der Waals surface area (Å²) < 4.78 is 13.4. The van der Waals surface area contributed by atoms with E-state index in [9.17, 15) is 4.39 Å². The van der Waals surface area contributed by atoms with E-state index in [0.717, 1.165) is 27.9 Å². The summed E-state index contributed by atoms with van der Waals surface area (Å²) >= 11 is 5.78. The van der Waals surface area contributed by atoms with Crippen LogP contribution in [-0.4, -0.2) is 19.9 Å². The Morgan fingerprint density at radius 3 is 2.62 bits per heavy atom. The molecule has 0 amide bonds. The molecule has 0 saturated heterocycles. The third kappa shape index (κ3) is 3.65. The van der Waals surface area contributed by atoms with Gasteiger partial charge < -0.3 is 10.3 Å². The average Bonchev–Trinajstić information content (AvgIpc) is 3.04. The van der Waals surface area contributed by atoms with Crippen LogP contribution >= 0.6 is 11.6 Å². The SMILES string of the molecule is Fc1cnc2[nH]cc(Cc3ccc(NCc4ccc(Cl)nc4)nc3)c2c1. The molecule has 2 N–H and O–H groups in total. The minimum Gasteiger partial charge on any atom is -0.366 e. The fourth-order valence-corrected chi connectivity index (χ4v) is 2.85. The molecule has 0 bridgehead atoms. The lowest BCUT2D eigenvalue weighted by Crippen LogP contribution is -2.02. The first kappa shape index (κ1) is 16.5. The number of anilines is 1. The highest BCUT2D eigenvalue weighted by molar-refractivity contribution is 6.29. The third-order valence-corrected chi connectivity index (χ3v) is 4.29. The van der Waals surface area contributed by atoms with Gasteiger partial charge in [-0.3, -0.25) is 0 Å². The molecular weight excluding hydrogens is 353 g/mol. The number of H-pyrrole nitrogens is 1. The van der Waals surface area contributed by atoms with Gasteiger partial charge in [-0.15, -0.1) is 0 Å². The van der Waals surface area contributed by atoms with E-state index in [1.165, 1.54) is 12.3 Å². The van der Waals surface area contributed by atoms with E-state index in [1.54, 1.807) is 12.3 Å². The molecule has 0 saturated carbocycles. The van der Waals surface area contributed by atoms with Gasteiger partial charge in [0.15, 0.2) is 0 Å². The molecule has 5 nitrogen and oxygen atoms in total. The van der Waals surface area contributed by atoms with Crippen molar-refractivity contribution >= 4 is 28.5 Å². The standard InChI is InChI=1S/C19H15ClFN5/c20-17-3-1-13(8-22-17)9-24-18-4-2-12(7-23-18)5-14-10-25-19-16(14)6-15(21)11-26-19/h1-4,6-8,10-11H,5,9H2,(H,23,24)(H,25,26). The minimum atomic E-state index is -0.340. The van der Waals surface area contributed by atoms with Crippen LogP contribution in [0.4, 0.5) is 10.2 Å². The van der Waals surface area contributed by atoms with Crippen molar-refractivity contribution in [1.82, 2.24) is 19.9 Å². The Labute approximate surface area is 154 Å². The maximum atomic E-state index is 13.4. The van der Waals surface area contributed by atoms with E-state index in [1.807, 2.05) is 30.6 Å². The zero-order valence-electron chi connectivity index (χ0n) is 13.7. The molecule has 0 atom stereocenters. The lowest BCUT2D eigenvalue weighted by atomic mass is 10.1. The summed E-state index contributed by atoms with van der Waals surface area (Å²) in [6.07, 6.45) is 7.26. The zero-order valence-corrected chi connectivity index (χ0v) is 14.5. The van der Waals surface area contributed by atoms with E-state index in [2.05, 4.69) is 25.3 Å². The molecule has 0 aliphatic heterocycles. The number of rotatable bonds is 5. The Bertz CT molecular complexity index is 1030. The van der Waals surface area contributed by atoms with Crippen LogP contribution in [0.2, 0.25) is 5.15 Å². The van der Waals surface area contributed by atoms with Crippen LogP contribution in [0.15, 0.2) is 55.1 Å². The van der Waals surface area contributed by atoms with Crippen LogP contribution in [-0.2, 0) is 13.0 Å². The molecule has 7 heteroatoms.